The summed E-state index contributed by atoms with van der Waals surface area (Å²) in [6, 6.07) is 1.91. The Balaban J connectivity index is 0.00000225. The second-order valence-electron chi connectivity index (χ2n) is 5.69. The van der Waals surface area contributed by atoms with E-state index in [1.165, 1.54) is 0 Å². The van der Waals surface area contributed by atoms with Crippen molar-refractivity contribution in [2.45, 2.75) is 26.6 Å². The Labute approximate surface area is 164 Å². The van der Waals surface area contributed by atoms with Crippen LogP contribution in [-0.2, 0) is 19.6 Å². The van der Waals surface area contributed by atoms with Gasteiger partial charge in [0.15, 0.2) is 11.8 Å². The first-order valence-electron chi connectivity index (χ1n) is 8.24. The maximum atomic E-state index is 4.89. The van der Waals surface area contributed by atoms with Crippen molar-refractivity contribution in [2.24, 2.45) is 4.99 Å². The number of nitrogens with one attached hydrogen (secondary N) is 1. The average molecular weight is 460 g/mol. The zero-order valence-electron chi connectivity index (χ0n) is 14.6. The van der Waals surface area contributed by atoms with Crippen molar-refractivity contribution in [3.8, 4) is 0 Å². The van der Waals surface area contributed by atoms with E-state index in [1.54, 1.807) is 12.6 Å². The molecule has 1 N–H and O–H groups in total. The van der Waals surface area contributed by atoms with E-state index in [1.807, 2.05) is 17.7 Å². The fraction of sp³-hybridized carbons (Fsp3) is 0.600. The summed E-state index contributed by atoms with van der Waals surface area (Å²) in [6.07, 6.45) is 3.37. The van der Waals surface area contributed by atoms with Gasteiger partial charge in [0.25, 0.3) is 0 Å². The molecule has 1 aliphatic heterocycles. The zero-order valence-corrected chi connectivity index (χ0v) is 17.0. The van der Waals surface area contributed by atoms with E-state index in [0.717, 1.165) is 56.7 Å². The number of aliphatic imine (C=N–C) groups is 1. The minimum Gasteiger partial charge on any atom is -0.364 e. The minimum absolute atomic E-state index is 0. The van der Waals surface area contributed by atoms with Crippen molar-refractivity contribution >= 4 is 29.9 Å². The number of aromatic nitrogens is 4. The van der Waals surface area contributed by atoms with Crippen LogP contribution in [0.25, 0.3) is 0 Å². The van der Waals surface area contributed by atoms with Crippen molar-refractivity contribution in [1.82, 2.24) is 35.0 Å². The smallest absolute Gasteiger partial charge is 0.194 e. The predicted octanol–water partition coefficient (Wildman–Crippen LogP) is 0.797. The second kappa shape index (κ2) is 9.70. The van der Waals surface area contributed by atoms with Crippen LogP contribution in [0.2, 0.25) is 0 Å². The first kappa shape index (κ1) is 19.6. The van der Waals surface area contributed by atoms with E-state index < -0.39 is 0 Å². The van der Waals surface area contributed by atoms with Crippen LogP contribution in [0.5, 0.6) is 0 Å². The molecule has 0 unspecified atom stereocenters. The number of aryl methyl sites for hydroxylation is 1. The summed E-state index contributed by atoms with van der Waals surface area (Å²) in [6.45, 7) is 8.20. The lowest BCUT2D eigenvalue weighted by Gasteiger charge is -2.36. The van der Waals surface area contributed by atoms with Gasteiger partial charge in [-0.25, -0.2) is 0 Å². The highest BCUT2D eigenvalue weighted by Gasteiger charge is 2.20. The van der Waals surface area contributed by atoms with Gasteiger partial charge in [0.05, 0.1) is 12.2 Å². The van der Waals surface area contributed by atoms with Gasteiger partial charge in [-0.1, -0.05) is 5.16 Å². The Bertz CT molecular complexity index is 648. The van der Waals surface area contributed by atoms with E-state index in [-0.39, 0.29) is 24.0 Å². The molecule has 0 aromatic carbocycles. The Kier molecular flexibility index (Phi) is 7.62. The fourth-order valence-electron chi connectivity index (χ4n) is 2.84. The van der Waals surface area contributed by atoms with Gasteiger partial charge in [0.2, 0.25) is 0 Å². The predicted molar refractivity (Wildman–Crippen MR) is 105 cm³/mol. The number of piperazine rings is 1. The lowest BCUT2D eigenvalue weighted by molar-refractivity contribution is 0.169. The second-order valence-corrected chi connectivity index (χ2v) is 5.69. The molecule has 0 atom stereocenters. The molecular weight excluding hydrogens is 435 g/mol. The number of hydrogen-bond acceptors (Lipinski definition) is 6. The Hall–Kier alpha value is -1.69. The summed E-state index contributed by atoms with van der Waals surface area (Å²) >= 11 is 0. The molecule has 3 rings (SSSR count). The Morgan fingerprint density at radius 1 is 1.32 bits per heavy atom. The van der Waals surface area contributed by atoms with E-state index in [4.69, 9.17) is 4.52 Å². The maximum Gasteiger partial charge on any atom is 0.194 e. The molecule has 0 bridgehead atoms. The van der Waals surface area contributed by atoms with Crippen molar-refractivity contribution in [3.05, 3.63) is 30.2 Å². The molecule has 10 heteroatoms. The number of hydrogen-bond donors (Lipinski definition) is 1. The van der Waals surface area contributed by atoms with Gasteiger partial charge in [-0.2, -0.15) is 0 Å². The van der Waals surface area contributed by atoms with Gasteiger partial charge in [-0.15, -0.1) is 34.2 Å². The van der Waals surface area contributed by atoms with Gasteiger partial charge in [-0.3, -0.25) is 9.89 Å². The largest absolute Gasteiger partial charge is 0.364 e. The third-order valence-electron chi connectivity index (χ3n) is 4.20. The summed E-state index contributed by atoms with van der Waals surface area (Å²) < 4.78 is 6.91. The van der Waals surface area contributed by atoms with E-state index in [2.05, 4.69) is 42.4 Å². The van der Waals surface area contributed by atoms with Crippen molar-refractivity contribution in [3.63, 3.8) is 0 Å². The van der Waals surface area contributed by atoms with Crippen LogP contribution in [0.4, 0.5) is 0 Å². The van der Waals surface area contributed by atoms with Crippen LogP contribution < -0.4 is 5.32 Å². The monoisotopic (exact) mass is 460 g/mol. The van der Waals surface area contributed by atoms with Crippen LogP contribution in [0.1, 0.15) is 18.4 Å². The third kappa shape index (κ3) is 5.14. The lowest BCUT2D eigenvalue weighted by Crippen LogP contribution is -2.52. The third-order valence-corrected chi connectivity index (χ3v) is 4.20. The van der Waals surface area contributed by atoms with E-state index >= 15 is 0 Å². The molecule has 1 aliphatic rings. The van der Waals surface area contributed by atoms with Gasteiger partial charge >= 0.3 is 0 Å². The summed E-state index contributed by atoms with van der Waals surface area (Å²) in [5.41, 5.74) is 0.977. The molecule has 9 nitrogen and oxygen atoms in total. The number of guanidine groups is 1. The standard InChI is InChI=1S/C15H24N8O.HI/c1-3-22-12-18-19-14(22)10-17-15(16-2)23-7-5-21(6-8-23)11-13-4-9-24-20-13;/h4,9,12H,3,5-8,10-11H2,1-2H3,(H,16,17);1H. The van der Waals surface area contributed by atoms with E-state index in [0.29, 0.717) is 6.54 Å². The average Bonchev–Trinajstić information content (AvgIpc) is 3.28. The van der Waals surface area contributed by atoms with Crippen LogP contribution in [0, 0.1) is 0 Å². The van der Waals surface area contributed by atoms with Crippen LogP contribution >= 0.6 is 24.0 Å². The number of halogens is 1. The summed E-state index contributed by atoms with van der Waals surface area (Å²) in [5, 5.41) is 15.5. The van der Waals surface area contributed by atoms with Gasteiger partial charge in [0.1, 0.15) is 12.6 Å². The molecule has 138 valence electrons. The normalized spacial score (nSPS) is 15.9. The quantitative estimate of drug-likeness (QED) is 0.401. The van der Waals surface area contributed by atoms with Crippen LogP contribution in [-0.4, -0.2) is 68.9 Å². The SMILES string of the molecule is CCn1cnnc1CNC(=NC)N1CCN(Cc2ccon2)CC1.I. The molecule has 2 aromatic heterocycles. The van der Waals surface area contributed by atoms with Gasteiger partial charge in [-0.05, 0) is 6.92 Å². The highest BCUT2D eigenvalue weighted by molar-refractivity contribution is 14.0. The molecule has 25 heavy (non-hydrogen) atoms. The molecule has 0 spiro atoms. The first-order chi connectivity index (χ1) is 11.8. The zero-order chi connectivity index (χ0) is 16.8. The highest BCUT2D eigenvalue weighted by Crippen LogP contribution is 2.07. The minimum atomic E-state index is 0. The van der Waals surface area contributed by atoms with Crippen LogP contribution in [0.3, 0.4) is 0 Å². The summed E-state index contributed by atoms with van der Waals surface area (Å²) in [5.74, 6) is 1.82. The molecule has 0 radical (unpaired) electrons. The number of rotatable bonds is 5. The topological polar surface area (TPSA) is 87.6 Å². The molecule has 2 aromatic rings. The van der Waals surface area contributed by atoms with Crippen LogP contribution in [0.15, 0.2) is 28.2 Å². The van der Waals surface area contributed by atoms with Gasteiger partial charge < -0.3 is 19.3 Å². The molecule has 0 aliphatic carbocycles. The molecule has 3 heterocycles. The number of nitrogens with zero attached hydrogens (tertiary/aromatic N) is 7. The summed E-state index contributed by atoms with van der Waals surface area (Å²) in [7, 11) is 1.81. The van der Waals surface area contributed by atoms with Crippen molar-refractivity contribution in [2.75, 3.05) is 33.2 Å². The molecular formula is C15H25IN8O. The van der Waals surface area contributed by atoms with Gasteiger partial charge in [0, 0.05) is 52.4 Å². The lowest BCUT2D eigenvalue weighted by atomic mass is 10.3. The molecule has 1 saturated heterocycles. The molecule has 0 amide bonds. The Morgan fingerprint density at radius 2 is 2.12 bits per heavy atom. The first-order valence-corrected chi connectivity index (χ1v) is 8.24. The molecule has 0 saturated carbocycles. The highest BCUT2D eigenvalue weighted by atomic mass is 127. The molecule has 1 fully saturated rings. The maximum absolute atomic E-state index is 4.89. The Morgan fingerprint density at radius 3 is 2.76 bits per heavy atom. The fourth-order valence-corrected chi connectivity index (χ4v) is 2.84. The van der Waals surface area contributed by atoms with Crippen molar-refractivity contribution in [1.29, 1.82) is 0 Å². The van der Waals surface area contributed by atoms with Crippen molar-refractivity contribution < 1.29 is 4.52 Å². The van der Waals surface area contributed by atoms with E-state index in [9.17, 15) is 0 Å². The summed E-state index contributed by atoms with van der Waals surface area (Å²) in [4.78, 5) is 9.04.